The van der Waals surface area contributed by atoms with Crippen LogP contribution in [0.2, 0.25) is 0 Å². The molecule has 0 radical (unpaired) electrons. The van der Waals surface area contributed by atoms with Crippen molar-refractivity contribution in [1.82, 2.24) is 4.98 Å². The zero-order valence-corrected chi connectivity index (χ0v) is 16.1. The molecule has 2 saturated carbocycles. The molecule has 1 aromatic rings. The van der Waals surface area contributed by atoms with E-state index in [1.807, 2.05) is 6.20 Å². The minimum atomic E-state index is 0.172. The van der Waals surface area contributed by atoms with Gasteiger partial charge in [-0.2, -0.15) is 0 Å². The smallest absolute Gasteiger partial charge is 0.0424 e. The van der Waals surface area contributed by atoms with Gasteiger partial charge < -0.3 is 0 Å². The Morgan fingerprint density at radius 3 is 2.57 bits per heavy atom. The van der Waals surface area contributed by atoms with Crippen LogP contribution in [-0.4, -0.2) is 4.98 Å². The van der Waals surface area contributed by atoms with Crippen LogP contribution < -0.4 is 0 Å². The molecule has 0 spiro atoms. The summed E-state index contributed by atoms with van der Waals surface area (Å²) in [6.07, 6.45) is 16.8. The highest BCUT2D eigenvalue weighted by atomic mass is 79.9. The fraction of sp³-hybridized carbons (Fsp3) is 0.667. The first-order chi connectivity index (χ1) is 11.1. The van der Waals surface area contributed by atoms with Gasteiger partial charge in [0.05, 0.1) is 0 Å². The van der Waals surface area contributed by atoms with E-state index < -0.39 is 0 Å². The molecule has 23 heavy (non-hydrogen) atoms. The highest BCUT2D eigenvalue weighted by Gasteiger charge is 2.40. The number of rotatable bonds is 5. The summed E-state index contributed by atoms with van der Waals surface area (Å²) in [6.45, 7) is 6.76. The molecule has 2 aliphatic carbocycles. The molecule has 0 bridgehead atoms. The van der Waals surface area contributed by atoms with Crippen molar-refractivity contribution in [2.75, 3.05) is 0 Å². The normalized spacial score (nSPS) is 21.5. The Hall–Kier alpha value is -0.630. The standard InChI is InChI=1S/C21H30BrN/c1-16(10-11-18-8-4-3-5-9-18)21(13-6-7-14-21)20-17(2)23-15-12-19(20)22/h12,15,18H,1,3-11,13-14H2,2H3. The summed E-state index contributed by atoms with van der Waals surface area (Å²) in [4.78, 5) is 4.59. The number of nitrogens with zero attached hydrogens (tertiary/aromatic N) is 1. The molecule has 1 nitrogen and oxygen atoms in total. The van der Waals surface area contributed by atoms with Gasteiger partial charge in [-0.25, -0.2) is 0 Å². The van der Waals surface area contributed by atoms with Crippen LogP contribution in [0.25, 0.3) is 0 Å². The molecule has 126 valence electrons. The molecule has 0 aliphatic heterocycles. The molecular formula is C21H30BrN. The third-order valence-electron chi connectivity index (χ3n) is 6.28. The first kappa shape index (κ1) is 17.2. The predicted molar refractivity (Wildman–Crippen MR) is 102 cm³/mol. The van der Waals surface area contributed by atoms with Crippen LogP contribution in [0.15, 0.2) is 28.9 Å². The second kappa shape index (κ2) is 7.51. The van der Waals surface area contributed by atoms with Crippen molar-refractivity contribution in [2.45, 2.75) is 83.0 Å². The van der Waals surface area contributed by atoms with Crippen molar-refractivity contribution in [1.29, 1.82) is 0 Å². The average molecular weight is 376 g/mol. The van der Waals surface area contributed by atoms with Crippen molar-refractivity contribution in [3.63, 3.8) is 0 Å². The highest BCUT2D eigenvalue weighted by molar-refractivity contribution is 9.10. The van der Waals surface area contributed by atoms with Crippen molar-refractivity contribution in [3.05, 3.63) is 40.1 Å². The molecule has 0 saturated heterocycles. The Kier molecular flexibility index (Phi) is 5.61. The summed E-state index contributed by atoms with van der Waals surface area (Å²) < 4.78 is 1.23. The van der Waals surface area contributed by atoms with Crippen molar-refractivity contribution >= 4 is 15.9 Å². The van der Waals surface area contributed by atoms with Gasteiger partial charge in [0.1, 0.15) is 0 Å². The topological polar surface area (TPSA) is 12.9 Å². The van der Waals surface area contributed by atoms with Crippen molar-refractivity contribution in [2.24, 2.45) is 5.92 Å². The van der Waals surface area contributed by atoms with Gasteiger partial charge in [0.25, 0.3) is 0 Å². The molecule has 2 heteroatoms. The Morgan fingerprint density at radius 2 is 1.91 bits per heavy atom. The van der Waals surface area contributed by atoms with Gasteiger partial charge in [0, 0.05) is 21.8 Å². The van der Waals surface area contributed by atoms with E-state index in [9.17, 15) is 0 Å². The zero-order valence-electron chi connectivity index (χ0n) is 14.5. The van der Waals surface area contributed by atoms with Crippen LogP contribution in [0.3, 0.4) is 0 Å². The summed E-state index contributed by atoms with van der Waals surface area (Å²) in [5.41, 5.74) is 4.25. The molecule has 2 aliphatic rings. The van der Waals surface area contributed by atoms with Crippen LogP contribution in [0, 0.1) is 12.8 Å². The zero-order chi connectivity index (χ0) is 16.3. The van der Waals surface area contributed by atoms with E-state index in [-0.39, 0.29) is 5.41 Å². The second-order valence-corrected chi connectivity index (χ2v) is 8.54. The van der Waals surface area contributed by atoms with Gasteiger partial charge in [-0.05, 0) is 50.2 Å². The van der Waals surface area contributed by atoms with E-state index in [0.717, 1.165) is 5.92 Å². The fourth-order valence-electron chi connectivity index (χ4n) is 4.96. The number of hydrogen-bond donors (Lipinski definition) is 0. The molecule has 0 amide bonds. The Bertz CT molecular complexity index is 531. The maximum Gasteiger partial charge on any atom is 0.0424 e. The Labute approximate surface area is 150 Å². The lowest BCUT2D eigenvalue weighted by atomic mass is 9.70. The van der Waals surface area contributed by atoms with Crippen LogP contribution in [-0.2, 0) is 5.41 Å². The minimum absolute atomic E-state index is 0.172. The summed E-state index contributed by atoms with van der Waals surface area (Å²) >= 11 is 3.81. The Balaban J connectivity index is 1.79. The molecule has 3 rings (SSSR count). The number of halogens is 1. The summed E-state index contributed by atoms with van der Waals surface area (Å²) in [7, 11) is 0. The van der Waals surface area contributed by atoms with Gasteiger partial charge in [-0.15, -0.1) is 0 Å². The van der Waals surface area contributed by atoms with Gasteiger partial charge in [-0.1, -0.05) is 73.0 Å². The molecule has 0 atom stereocenters. The third kappa shape index (κ3) is 3.57. The van der Waals surface area contributed by atoms with Crippen molar-refractivity contribution in [3.8, 4) is 0 Å². The SMILES string of the molecule is C=C(CCC1CCCCC1)C1(c2c(Br)ccnc2C)CCCC1. The lowest BCUT2D eigenvalue weighted by molar-refractivity contribution is 0.332. The number of aromatic nitrogens is 1. The van der Waals surface area contributed by atoms with E-state index in [2.05, 4.69) is 40.5 Å². The Morgan fingerprint density at radius 1 is 1.22 bits per heavy atom. The summed E-state index contributed by atoms with van der Waals surface area (Å²) in [5.74, 6) is 0.942. The average Bonchev–Trinajstić information content (AvgIpc) is 3.04. The minimum Gasteiger partial charge on any atom is -0.261 e. The molecule has 2 fully saturated rings. The predicted octanol–water partition coefficient (Wildman–Crippen LogP) is 6.88. The van der Waals surface area contributed by atoms with Gasteiger partial charge in [0.2, 0.25) is 0 Å². The summed E-state index contributed by atoms with van der Waals surface area (Å²) in [5, 5.41) is 0. The third-order valence-corrected chi connectivity index (χ3v) is 6.94. The van der Waals surface area contributed by atoms with E-state index in [1.54, 1.807) is 0 Å². The number of hydrogen-bond acceptors (Lipinski definition) is 1. The van der Waals surface area contributed by atoms with Gasteiger partial charge in [0.15, 0.2) is 0 Å². The van der Waals surface area contributed by atoms with Gasteiger partial charge in [-0.3, -0.25) is 4.98 Å². The second-order valence-electron chi connectivity index (χ2n) is 7.69. The highest BCUT2D eigenvalue weighted by Crippen LogP contribution is 2.50. The summed E-state index contributed by atoms with van der Waals surface area (Å²) in [6, 6.07) is 2.11. The van der Waals surface area contributed by atoms with E-state index in [0.29, 0.717) is 0 Å². The number of allylic oxidation sites excluding steroid dienone is 1. The van der Waals surface area contributed by atoms with E-state index in [1.165, 1.54) is 91.9 Å². The van der Waals surface area contributed by atoms with Crippen LogP contribution in [0.5, 0.6) is 0 Å². The van der Waals surface area contributed by atoms with Crippen LogP contribution in [0.4, 0.5) is 0 Å². The molecule has 0 unspecified atom stereocenters. The molecular weight excluding hydrogens is 346 g/mol. The number of aryl methyl sites for hydroxylation is 1. The molecule has 1 aromatic heterocycles. The van der Waals surface area contributed by atoms with E-state index >= 15 is 0 Å². The lowest BCUT2D eigenvalue weighted by Crippen LogP contribution is -2.27. The maximum atomic E-state index is 4.60. The number of pyridine rings is 1. The largest absolute Gasteiger partial charge is 0.261 e. The monoisotopic (exact) mass is 375 g/mol. The van der Waals surface area contributed by atoms with E-state index in [4.69, 9.17) is 0 Å². The first-order valence-electron chi connectivity index (χ1n) is 9.43. The lowest BCUT2D eigenvalue weighted by Gasteiger charge is -2.35. The maximum absolute atomic E-state index is 4.60. The fourth-order valence-corrected chi connectivity index (χ4v) is 5.75. The van der Waals surface area contributed by atoms with Crippen LogP contribution in [0.1, 0.15) is 81.9 Å². The quantitative estimate of drug-likeness (QED) is 0.510. The van der Waals surface area contributed by atoms with Crippen LogP contribution >= 0.6 is 15.9 Å². The van der Waals surface area contributed by atoms with Gasteiger partial charge >= 0.3 is 0 Å². The molecule has 1 heterocycles. The molecule has 0 N–H and O–H groups in total. The first-order valence-corrected chi connectivity index (χ1v) is 10.2. The molecule has 0 aromatic carbocycles. The van der Waals surface area contributed by atoms with Crippen molar-refractivity contribution < 1.29 is 0 Å².